The lowest BCUT2D eigenvalue weighted by Crippen LogP contribution is -2.44. The highest BCUT2D eigenvalue weighted by molar-refractivity contribution is 5.73. The summed E-state index contributed by atoms with van der Waals surface area (Å²) >= 11 is 0. The van der Waals surface area contributed by atoms with E-state index in [-0.39, 0.29) is 5.92 Å². The summed E-state index contributed by atoms with van der Waals surface area (Å²) in [6, 6.07) is 9.40. The summed E-state index contributed by atoms with van der Waals surface area (Å²) in [6.45, 7) is 1.38. The molecule has 0 saturated heterocycles. The quantitative estimate of drug-likeness (QED) is 0.738. The molecule has 4 heteroatoms. The van der Waals surface area contributed by atoms with E-state index in [0.717, 1.165) is 25.9 Å². The summed E-state index contributed by atoms with van der Waals surface area (Å²) in [5.74, 6) is -0.161. The van der Waals surface area contributed by atoms with Crippen LogP contribution in [-0.2, 0) is 16.1 Å². The third-order valence-corrected chi connectivity index (χ3v) is 3.85. The summed E-state index contributed by atoms with van der Waals surface area (Å²) in [7, 11) is 0. The molecule has 104 valence electrons. The molecular formula is C15H21NO3. The van der Waals surface area contributed by atoms with E-state index in [2.05, 4.69) is 0 Å². The van der Waals surface area contributed by atoms with Crippen molar-refractivity contribution in [3.8, 4) is 0 Å². The second kappa shape index (κ2) is 6.68. The Kier molecular flexibility index (Phi) is 4.93. The topological polar surface area (TPSA) is 72.6 Å². The minimum atomic E-state index is -0.885. The lowest BCUT2D eigenvalue weighted by Gasteiger charge is -2.37. The summed E-state index contributed by atoms with van der Waals surface area (Å²) < 4.78 is 5.62. The van der Waals surface area contributed by atoms with Crippen LogP contribution >= 0.6 is 0 Å². The molecule has 1 aliphatic carbocycles. The van der Waals surface area contributed by atoms with Crippen molar-refractivity contribution in [2.24, 2.45) is 17.6 Å². The zero-order valence-electron chi connectivity index (χ0n) is 11.0. The van der Waals surface area contributed by atoms with Crippen molar-refractivity contribution in [1.29, 1.82) is 0 Å². The Hall–Kier alpha value is -1.39. The molecule has 1 aromatic rings. The van der Waals surface area contributed by atoms with E-state index in [1.165, 1.54) is 5.56 Å². The molecule has 0 bridgehead atoms. The van der Waals surface area contributed by atoms with Crippen molar-refractivity contribution in [3.05, 3.63) is 35.9 Å². The van der Waals surface area contributed by atoms with Crippen LogP contribution < -0.4 is 5.73 Å². The number of rotatable bonds is 7. The van der Waals surface area contributed by atoms with Crippen molar-refractivity contribution < 1.29 is 14.6 Å². The van der Waals surface area contributed by atoms with E-state index in [1.807, 2.05) is 30.3 Å². The van der Waals surface area contributed by atoms with Gasteiger partial charge in [0, 0.05) is 6.61 Å². The molecule has 0 unspecified atom stereocenters. The van der Waals surface area contributed by atoms with Gasteiger partial charge in [-0.15, -0.1) is 0 Å². The molecule has 0 spiro atoms. The highest BCUT2D eigenvalue weighted by atomic mass is 16.5. The Morgan fingerprint density at radius 3 is 2.68 bits per heavy atom. The predicted octanol–water partition coefficient (Wildman–Crippen LogP) is 2.03. The molecule has 0 aromatic heterocycles. The number of hydrogen-bond donors (Lipinski definition) is 2. The van der Waals surface area contributed by atoms with Crippen molar-refractivity contribution in [2.45, 2.75) is 31.9 Å². The average Bonchev–Trinajstić information content (AvgIpc) is 2.37. The predicted molar refractivity (Wildman–Crippen MR) is 72.5 cm³/mol. The van der Waals surface area contributed by atoms with Crippen molar-refractivity contribution in [3.63, 3.8) is 0 Å². The molecule has 0 heterocycles. The van der Waals surface area contributed by atoms with E-state index >= 15 is 0 Å². The molecule has 3 N–H and O–H groups in total. The average molecular weight is 263 g/mol. The van der Waals surface area contributed by atoms with E-state index < -0.39 is 12.0 Å². The van der Waals surface area contributed by atoms with Gasteiger partial charge in [0.2, 0.25) is 0 Å². The molecule has 1 atom stereocenters. The van der Waals surface area contributed by atoms with E-state index in [0.29, 0.717) is 12.5 Å². The fourth-order valence-electron chi connectivity index (χ4n) is 2.53. The maximum Gasteiger partial charge on any atom is 0.320 e. The molecule has 4 nitrogen and oxygen atoms in total. The Bertz CT molecular complexity index is 401. The van der Waals surface area contributed by atoms with Crippen molar-refractivity contribution in [1.82, 2.24) is 0 Å². The minimum absolute atomic E-state index is 0.150. The SMILES string of the molecule is N[C@@H](C(=O)O)C1CC(CCOCc2ccccc2)C1. The van der Waals surface area contributed by atoms with Gasteiger partial charge in [-0.25, -0.2) is 0 Å². The summed E-state index contributed by atoms with van der Waals surface area (Å²) in [5.41, 5.74) is 6.77. The number of nitrogens with two attached hydrogens (primary N) is 1. The van der Waals surface area contributed by atoms with Gasteiger partial charge in [-0.3, -0.25) is 4.79 Å². The molecule has 1 aliphatic rings. The van der Waals surface area contributed by atoms with E-state index in [4.69, 9.17) is 15.6 Å². The standard InChI is InChI=1S/C15H21NO3/c16-14(15(17)18)13-8-12(9-13)6-7-19-10-11-4-2-1-3-5-11/h1-5,12-14H,6-10,16H2,(H,17,18)/t12?,13?,14-/m1/s1. The number of carboxylic acid groups (broad SMARTS) is 1. The first-order valence-electron chi connectivity index (χ1n) is 6.77. The first-order valence-corrected chi connectivity index (χ1v) is 6.77. The van der Waals surface area contributed by atoms with Crippen LogP contribution in [0.15, 0.2) is 30.3 Å². The number of carboxylic acids is 1. The van der Waals surface area contributed by atoms with Crippen molar-refractivity contribution in [2.75, 3.05) is 6.61 Å². The number of carbonyl (C=O) groups is 1. The van der Waals surface area contributed by atoms with Gasteiger partial charge >= 0.3 is 5.97 Å². The van der Waals surface area contributed by atoms with Crippen molar-refractivity contribution >= 4 is 5.97 Å². The zero-order valence-corrected chi connectivity index (χ0v) is 11.0. The highest BCUT2D eigenvalue weighted by Gasteiger charge is 2.36. The summed E-state index contributed by atoms with van der Waals surface area (Å²) in [6.07, 6.45) is 2.83. The molecular weight excluding hydrogens is 242 g/mol. The highest BCUT2D eigenvalue weighted by Crippen LogP contribution is 2.37. The molecule has 0 amide bonds. The Morgan fingerprint density at radius 1 is 1.37 bits per heavy atom. The smallest absolute Gasteiger partial charge is 0.320 e. The fraction of sp³-hybridized carbons (Fsp3) is 0.533. The van der Waals surface area contributed by atoms with Crippen LogP contribution in [0.4, 0.5) is 0 Å². The van der Waals surface area contributed by atoms with Gasteiger partial charge in [0.05, 0.1) is 6.61 Å². The largest absolute Gasteiger partial charge is 0.480 e. The van der Waals surface area contributed by atoms with Crippen LogP contribution in [0.3, 0.4) is 0 Å². The van der Waals surface area contributed by atoms with Gasteiger partial charge < -0.3 is 15.6 Å². The van der Waals surface area contributed by atoms with Gasteiger partial charge in [0.25, 0.3) is 0 Å². The lowest BCUT2D eigenvalue weighted by molar-refractivity contribution is -0.141. The first kappa shape index (κ1) is 14.0. The number of hydrogen-bond acceptors (Lipinski definition) is 3. The van der Waals surface area contributed by atoms with Gasteiger partial charge in [0.15, 0.2) is 0 Å². The molecule has 2 rings (SSSR count). The molecule has 1 saturated carbocycles. The van der Waals surface area contributed by atoms with Crippen LogP contribution in [0.5, 0.6) is 0 Å². The summed E-state index contributed by atoms with van der Waals surface area (Å²) in [4.78, 5) is 10.7. The fourth-order valence-corrected chi connectivity index (χ4v) is 2.53. The van der Waals surface area contributed by atoms with Gasteiger partial charge in [-0.05, 0) is 36.7 Å². The Balaban J connectivity index is 1.55. The molecule has 1 fully saturated rings. The first-order chi connectivity index (χ1) is 9.16. The minimum Gasteiger partial charge on any atom is -0.480 e. The number of benzene rings is 1. The van der Waals surface area contributed by atoms with E-state index in [1.54, 1.807) is 0 Å². The maximum atomic E-state index is 10.7. The maximum absolute atomic E-state index is 10.7. The summed E-state index contributed by atoms with van der Waals surface area (Å²) in [5, 5.41) is 8.79. The number of ether oxygens (including phenoxy) is 1. The normalized spacial score (nSPS) is 23.6. The number of aliphatic carboxylic acids is 1. The second-order valence-corrected chi connectivity index (χ2v) is 5.29. The van der Waals surface area contributed by atoms with Gasteiger partial charge in [-0.2, -0.15) is 0 Å². The third-order valence-electron chi connectivity index (χ3n) is 3.85. The van der Waals surface area contributed by atoms with Crippen LogP contribution in [0, 0.1) is 11.8 Å². The Morgan fingerprint density at radius 2 is 2.05 bits per heavy atom. The van der Waals surface area contributed by atoms with Crippen LogP contribution in [0.1, 0.15) is 24.8 Å². The molecule has 1 aromatic carbocycles. The van der Waals surface area contributed by atoms with Gasteiger partial charge in [-0.1, -0.05) is 30.3 Å². The molecule has 0 radical (unpaired) electrons. The van der Waals surface area contributed by atoms with Gasteiger partial charge in [0.1, 0.15) is 6.04 Å². The Labute approximate surface area is 113 Å². The van der Waals surface area contributed by atoms with Crippen LogP contribution in [-0.4, -0.2) is 23.7 Å². The second-order valence-electron chi connectivity index (χ2n) is 5.29. The monoisotopic (exact) mass is 263 g/mol. The van der Waals surface area contributed by atoms with E-state index in [9.17, 15) is 4.79 Å². The molecule has 0 aliphatic heterocycles. The van der Waals surface area contributed by atoms with Crippen LogP contribution in [0.25, 0.3) is 0 Å². The lowest BCUT2D eigenvalue weighted by atomic mass is 9.70. The van der Waals surface area contributed by atoms with Crippen LogP contribution in [0.2, 0.25) is 0 Å². The zero-order chi connectivity index (χ0) is 13.7. The third kappa shape index (κ3) is 4.04. The molecule has 19 heavy (non-hydrogen) atoms.